The lowest BCUT2D eigenvalue weighted by molar-refractivity contribution is -0.159. The molecular formula is C21H32O3. The zero-order valence-corrected chi connectivity index (χ0v) is 15.3. The molecule has 3 nitrogen and oxygen atoms in total. The fourth-order valence-electron chi connectivity index (χ4n) is 7.24. The topological polar surface area (TPSA) is 57.5 Å². The lowest BCUT2D eigenvalue weighted by atomic mass is 9.47. The molecule has 134 valence electrons. The largest absolute Gasteiger partial charge is 0.393 e. The average Bonchev–Trinajstić information content (AvgIpc) is 2.81. The van der Waals surface area contributed by atoms with Crippen LogP contribution in [0.3, 0.4) is 0 Å². The zero-order valence-electron chi connectivity index (χ0n) is 15.3. The third-order valence-electron chi connectivity index (χ3n) is 8.81. The summed E-state index contributed by atoms with van der Waals surface area (Å²) in [6, 6.07) is 0. The number of carbonyl (C=O) groups is 1. The van der Waals surface area contributed by atoms with Crippen LogP contribution in [0.5, 0.6) is 0 Å². The Hall–Kier alpha value is -0.670. The van der Waals surface area contributed by atoms with Crippen molar-refractivity contribution in [1.82, 2.24) is 0 Å². The van der Waals surface area contributed by atoms with Crippen LogP contribution in [0.4, 0.5) is 0 Å². The molecule has 0 aromatic carbocycles. The summed E-state index contributed by atoms with van der Waals surface area (Å²) >= 11 is 0. The van der Waals surface area contributed by atoms with Crippen LogP contribution in [0.15, 0.2) is 11.6 Å². The summed E-state index contributed by atoms with van der Waals surface area (Å²) in [4.78, 5) is 12.2. The van der Waals surface area contributed by atoms with E-state index in [4.69, 9.17) is 0 Å². The maximum absolute atomic E-state index is 12.2. The lowest BCUT2D eigenvalue weighted by Gasteiger charge is -2.58. The normalized spacial score (nSPS) is 53.6. The summed E-state index contributed by atoms with van der Waals surface area (Å²) in [5.74, 6) is 1.65. The Labute approximate surface area is 145 Å². The van der Waals surface area contributed by atoms with Gasteiger partial charge in [-0.3, -0.25) is 4.79 Å². The Balaban J connectivity index is 1.69. The number of carbonyl (C=O) groups excluding carboxylic acids is 1. The highest BCUT2D eigenvalue weighted by molar-refractivity contribution is 5.86. The van der Waals surface area contributed by atoms with Gasteiger partial charge >= 0.3 is 0 Å². The van der Waals surface area contributed by atoms with Gasteiger partial charge in [-0.15, -0.1) is 0 Å². The standard InChI is InChI=1S/C21H32O3/c1-13(22)21(24)11-8-18-16-5-4-14-12-15(23)6-9-19(14,2)17(16)7-10-20(18,21)3/h4,15-18,23-24H,5-12H2,1-3H3/t15?,16-,17+,18+,19+,20+,21-/m1/s1. The van der Waals surface area contributed by atoms with E-state index in [2.05, 4.69) is 19.9 Å². The lowest BCUT2D eigenvalue weighted by Crippen LogP contribution is -2.56. The highest BCUT2D eigenvalue weighted by Gasteiger charge is 2.65. The van der Waals surface area contributed by atoms with Crippen molar-refractivity contribution in [2.45, 2.75) is 83.8 Å². The Morgan fingerprint density at radius 3 is 2.54 bits per heavy atom. The first-order valence-electron chi connectivity index (χ1n) is 9.83. The van der Waals surface area contributed by atoms with Crippen molar-refractivity contribution in [3.63, 3.8) is 0 Å². The van der Waals surface area contributed by atoms with Crippen LogP contribution in [0, 0.1) is 28.6 Å². The van der Waals surface area contributed by atoms with E-state index in [-0.39, 0.29) is 22.7 Å². The number of rotatable bonds is 1. The predicted octanol–water partition coefficient (Wildman–Crippen LogP) is 3.63. The molecule has 3 heteroatoms. The van der Waals surface area contributed by atoms with Gasteiger partial charge in [-0.05, 0) is 81.5 Å². The van der Waals surface area contributed by atoms with Crippen molar-refractivity contribution >= 4 is 5.78 Å². The molecule has 0 radical (unpaired) electrons. The van der Waals surface area contributed by atoms with Crippen LogP contribution in [0.1, 0.15) is 72.1 Å². The molecule has 0 aromatic rings. The minimum Gasteiger partial charge on any atom is -0.393 e. The third-order valence-corrected chi connectivity index (χ3v) is 8.81. The highest BCUT2D eigenvalue weighted by Crippen LogP contribution is 2.67. The second-order valence-electron chi connectivity index (χ2n) is 9.57. The first-order valence-corrected chi connectivity index (χ1v) is 9.83. The molecule has 0 bridgehead atoms. The molecule has 0 heterocycles. The van der Waals surface area contributed by atoms with E-state index >= 15 is 0 Å². The Morgan fingerprint density at radius 2 is 1.83 bits per heavy atom. The minimum atomic E-state index is -1.11. The number of allylic oxidation sites excluding steroid dienone is 1. The zero-order chi connectivity index (χ0) is 17.3. The molecule has 1 unspecified atom stereocenters. The van der Waals surface area contributed by atoms with Gasteiger partial charge in [0, 0.05) is 5.41 Å². The summed E-state index contributed by atoms with van der Waals surface area (Å²) < 4.78 is 0. The summed E-state index contributed by atoms with van der Waals surface area (Å²) in [5.41, 5.74) is 0.331. The number of hydrogen-bond donors (Lipinski definition) is 2. The molecule has 0 spiro atoms. The summed E-state index contributed by atoms with van der Waals surface area (Å²) in [7, 11) is 0. The van der Waals surface area contributed by atoms with Gasteiger partial charge in [0.25, 0.3) is 0 Å². The van der Waals surface area contributed by atoms with E-state index in [9.17, 15) is 15.0 Å². The van der Waals surface area contributed by atoms with Gasteiger partial charge < -0.3 is 10.2 Å². The average molecular weight is 332 g/mol. The molecule has 4 aliphatic carbocycles. The summed E-state index contributed by atoms with van der Waals surface area (Å²) in [5, 5.41) is 21.2. The Kier molecular flexibility index (Phi) is 3.61. The van der Waals surface area contributed by atoms with Crippen LogP contribution < -0.4 is 0 Å². The monoisotopic (exact) mass is 332 g/mol. The number of Topliss-reactive ketones (excluding diaryl/α,β-unsaturated/α-hetero) is 1. The van der Waals surface area contributed by atoms with Crippen LogP contribution in [0.2, 0.25) is 0 Å². The second kappa shape index (κ2) is 5.17. The quantitative estimate of drug-likeness (QED) is 0.721. The van der Waals surface area contributed by atoms with Crippen LogP contribution in [0.25, 0.3) is 0 Å². The predicted molar refractivity (Wildman–Crippen MR) is 93.3 cm³/mol. The number of hydrogen-bond acceptors (Lipinski definition) is 3. The Morgan fingerprint density at radius 1 is 1.12 bits per heavy atom. The van der Waals surface area contributed by atoms with E-state index < -0.39 is 5.60 Å². The van der Waals surface area contributed by atoms with Gasteiger partial charge in [0.2, 0.25) is 0 Å². The molecule has 0 aromatic heterocycles. The van der Waals surface area contributed by atoms with Gasteiger partial charge in [-0.25, -0.2) is 0 Å². The fraction of sp³-hybridized carbons (Fsp3) is 0.857. The van der Waals surface area contributed by atoms with Gasteiger partial charge in [0.1, 0.15) is 5.60 Å². The molecule has 0 amide bonds. The number of fused-ring (bicyclic) bond motifs is 5. The van der Waals surface area contributed by atoms with Crippen molar-refractivity contribution in [2.24, 2.45) is 28.6 Å². The van der Waals surface area contributed by atoms with Gasteiger partial charge in [-0.2, -0.15) is 0 Å². The van der Waals surface area contributed by atoms with Crippen molar-refractivity contribution in [1.29, 1.82) is 0 Å². The van der Waals surface area contributed by atoms with Crippen LogP contribution >= 0.6 is 0 Å². The smallest absolute Gasteiger partial charge is 0.161 e. The number of aliphatic hydroxyl groups excluding tert-OH is 1. The maximum atomic E-state index is 12.2. The Bertz CT molecular complexity index is 596. The molecule has 7 atom stereocenters. The number of ketones is 1. The molecule has 0 aliphatic heterocycles. The van der Waals surface area contributed by atoms with E-state index in [0.29, 0.717) is 24.2 Å². The number of aliphatic hydroxyl groups is 2. The van der Waals surface area contributed by atoms with Crippen molar-refractivity contribution in [2.75, 3.05) is 0 Å². The highest BCUT2D eigenvalue weighted by atomic mass is 16.3. The molecule has 4 aliphatic rings. The molecule has 3 fully saturated rings. The first-order chi connectivity index (χ1) is 11.2. The maximum Gasteiger partial charge on any atom is 0.161 e. The van der Waals surface area contributed by atoms with Gasteiger partial charge in [0.15, 0.2) is 5.78 Å². The van der Waals surface area contributed by atoms with E-state index in [1.165, 1.54) is 5.57 Å². The van der Waals surface area contributed by atoms with E-state index in [1.54, 1.807) is 6.92 Å². The molecule has 0 saturated heterocycles. The second-order valence-corrected chi connectivity index (χ2v) is 9.57. The van der Waals surface area contributed by atoms with Gasteiger partial charge in [0.05, 0.1) is 6.10 Å². The van der Waals surface area contributed by atoms with Crippen LogP contribution in [-0.2, 0) is 4.79 Å². The van der Waals surface area contributed by atoms with Crippen molar-refractivity contribution in [3.05, 3.63) is 11.6 Å². The fourth-order valence-corrected chi connectivity index (χ4v) is 7.24. The summed E-state index contributed by atoms with van der Waals surface area (Å²) in [6.45, 7) is 6.16. The minimum absolute atomic E-state index is 0.0370. The van der Waals surface area contributed by atoms with Crippen LogP contribution in [-0.4, -0.2) is 27.7 Å². The molecule has 4 rings (SSSR count). The molecular weight excluding hydrogens is 300 g/mol. The van der Waals surface area contributed by atoms with Crippen molar-refractivity contribution < 1.29 is 15.0 Å². The first kappa shape index (κ1) is 16.8. The third kappa shape index (κ3) is 1.94. The van der Waals surface area contributed by atoms with E-state index in [0.717, 1.165) is 44.9 Å². The molecule has 2 N–H and O–H groups in total. The van der Waals surface area contributed by atoms with Gasteiger partial charge in [-0.1, -0.05) is 25.5 Å². The SMILES string of the molecule is CC(=O)[C@]1(O)CC[C@H]2[C@@H]3CC=C4CC(O)CC[C@]4(C)[C@H]3CC[C@@]21C. The van der Waals surface area contributed by atoms with Crippen molar-refractivity contribution in [3.8, 4) is 0 Å². The molecule has 24 heavy (non-hydrogen) atoms. The summed E-state index contributed by atoms with van der Waals surface area (Å²) in [6.07, 6.45) is 9.84. The van der Waals surface area contributed by atoms with E-state index in [1.807, 2.05) is 0 Å². The molecule has 3 saturated carbocycles.